The number of hydrogen-bond acceptors (Lipinski definition) is 2. The summed E-state index contributed by atoms with van der Waals surface area (Å²) in [6, 6.07) is 0. The van der Waals surface area contributed by atoms with Crippen molar-refractivity contribution in [1.29, 1.82) is 0 Å². The molecule has 0 bridgehead atoms. The van der Waals surface area contributed by atoms with Gasteiger partial charge in [-0.1, -0.05) is 0 Å². The first-order valence-electron chi connectivity index (χ1n) is 1.55. The molecule has 11 heavy (non-hydrogen) atoms. The Labute approximate surface area is 107 Å². The van der Waals surface area contributed by atoms with Crippen molar-refractivity contribution in [3.63, 3.8) is 0 Å². The van der Waals surface area contributed by atoms with Gasteiger partial charge in [0, 0.05) is 0 Å². The quantitative estimate of drug-likeness (QED) is 0.462. The topological polar surface area (TPSA) is 57.5 Å². The van der Waals surface area contributed by atoms with E-state index < -0.39 is 12.1 Å². The maximum atomic E-state index is 9.45. The first-order chi connectivity index (χ1) is 2.64. The second-order valence-electron chi connectivity index (χ2n) is 1.01. The molecule has 0 spiro atoms. The van der Waals surface area contributed by atoms with Gasteiger partial charge in [0.2, 0.25) is 0 Å². The molecule has 1 atom stereocenters. The number of halogens is 4. The summed E-state index contributed by atoms with van der Waals surface area (Å²) in [6.07, 6.45) is -1.23. The molecule has 0 aliphatic heterocycles. The molecule has 2 N–H and O–H groups in total. The minimum absolute atomic E-state index is 0. The van der Waals surface area contributed by atoms with Crippen molar-refractivity contribution in [3.8, 4) is 0 Å². The van der Waals surface area contributed by atoms with Gasteiger partial charge < -0.3 is 59.8 Å². The molecule has 0 saturated heterocycles. The van der Waals surface area contributed by atoms with Crippen molar-refractivity contribution in [2.75, 3.05) is 0 Å². The van der Waals surface area contributed by atoms with Crippen molar-refractivity contribution in [2.24, 2.45) is 0 Å². The molecule has 0 aromatic carbocycles. The molecule has 0 heterocycles. The van der Waals surface area contributed by atoms with Crippen molar-refractivity contribution < 1.29 is 64.6 Å². The summed E-state index contributed by atoms with van der Waals surface area (Å²) in [4.78, 5) is 9.45. The van der Waals surface area contributed by atoms with E-state index in [1.54, 1.807) is 0 Å². The van der Waals surface area contributed by atoms with Crippen molar-refractivity contribution in [1.82, 2.24) is 0 Å². The Bertz CT molecular complexity index is 71.6. The fourth-order valence-electron chi connectivity index (χ4n) is 0. The van der Waals surface area contributed by atoms with Crippen LogP contribution in [0.3, 0.4) is 0 Å². The van der Waals surface area contributed by atoms with Gasteiger partial charge in [0.05, 0.1) is 0 Å². The second kappa shape index (κ2) is 22.5. The van der Waals surface area contributed by atoms with Crippen molar-refractivity contribution in [2.45, 2.75) is 13.0 Å². The van der Waals surface area contributed by atoms with Crippen LogP contribution in [0.2, 0.25) is 0 Å². The first kappa shape index (κ1) is 39.4. The fourth-order valence-corrected chi connectivity index (χ4v) is 0. The normalized spacial score (nSPS) is 7.45. The van der Waals surface area contributed by atoms with Crippen LogP contribution in [0, 0.1) is 0 Å². The SMILES string of the molecule is CC(O)C(=O)O.[Cl-].[Cl-].[Cl-].[Cl-].[Sn+4]. The molecule has 0 aromatic heterocycles. The molecule has 0 aromatic rings. The van der Waals surface area contributed by atoms with E-state index >= 15 is 0 Å². The van der Waals surface area contributed by atoms with Crippen LogP contribution >= 0.6 is 0 Å². The smallest absolute Gasteiger partial charge is 1.00 e. The number of hydrogen-bond donors (Lipinski definition) is 2. The molecule has 8 heteroatoms. The molecule has 0 fully saturated rings. The molecular weight excluding hydrogens is 345 g/mol. The zero-order chi connectivity index (χ0) is 5.15. The summed E-state index contributed by atoms with van der Waals surface area (Å²) in [5.74, 6) is -1.19. The van der Waals surface area contributed by atoms with E-state index in [2.05, 4.69) is 0 Å². The van der Waals surface area contributed by atoms with E-state index in [0.29, 0.717) is 0 Å². The predicted molar refractivity (Wildman–Crippen MR) is 25.1 cm³/mol. The predicted octanol–water partition coefficient (Wildman–Crippen LogP) is -12.9. The summed E-state index contributed by atoms with van der Waals surface area (Å²) < 4.78 is 0. The van der Waals surface area contributed by atoms with Crippen LogP contribution in [-0.2, 0) is 4.79 Å². The Morgan fingerprint density at radius 1 is 1.18 bits per heavy atom. The summed E-state index contributed by atoms with van der Waals surface area (Å²) in [5, 5.41) is 15.8. The van der Waals surface area contributed by atoms with E-state index in [0.717, 1.165) is 0 Å². The molecule has 0 radical (unpaired) electrons. The molecule has 1 unspecified atom stereocenters. The molecule has 0 amide bonds. The number of aliphatic hydroxyl groups excluding tert-OH is 1. The van der Waals surface area contributed by atoms with Gasteiger partial charge in [0.15, 0.2) is 0 Å². The number of carbonyl (C=O) groups is 1. The molecule has 0 aliphatic carbocycles. The van der Waals surface area contributed by atoms with Gasteiger partial charge in [-0.3, -0.25) is 0 Å². The van der Waals surface area contributed by atoms with Gasteiger partial charge >= 0.3 is 29.9 Å². The molecule has 3 nitrogen and oxygen atoms in total. The molecule has 0 saturated carbocycles. The monoisotopic (exact) mass is 350 g/mol. The molecule has 0 aliphatic rings. The van der Waals surface area contributed by atoms with E-state index in [-0.39, 0.29) is 73.5 Å². The summed E-state index contributed by atoms with van der Waals surface area (Å²) in [7, 11) is 0. The van der Waals surface area contributed by atoms with Crippen LogP contribution in [0.25, 0.3) is 0 Å². The Morgan fingerprint density at radius 3 is 1.27 bits per heavy atom. The van der Waals surface area contributed by atoms with E-state index in [9.17, 15) is 4.79 Å². The number of aliphatic hydroxyl groups is 1. The van der Waals surface area contributed by atoms with Crippen LogP contribution < -0.4 is 49.6 Å². The third-order valence-corrected chi connectivity index (χ3v) is 0.357. The Balaban J connectivity index is -0.0000000125. The number of aliphatic carboxylic acids is 1. The Morgan fingerprint density at radius 2 is 1.27 bits per heavy atom. The van der Waals surface area contributed by atoms with Crippen LogP contribution in [0.5, 0.6) is 0 Å². The maximum Gasteiger partial charge on any atom is 4.00 e. The largest absolute Gasteiger partial charge is 4.00 e. The first-order valence-corrected chi connectivity index (χ1v) is 1.55. The van der Waals surface area contributed by atoms with E-state index in [1.807, 2.05) is 0 Å². The molecule has 0 rings (SSSR count). The second-order valence-corrected chi connectivity index (χ2v) is 1.01. The standard InChI is InChI=1S/C3H6O3.4ClH.Sn/c1-2(4)3(5)6;;;;;/h2,4H,1H3,(H,5,6);4*1H;/q;;;;;+4/p-4. The van der Waals surface area contributed by atoms with E-state index in [4.69, 9.17) is 10.2 Å². The summed E-state index contributed by atoms with van der Waals surface area (Å²) in [5.41, 5.74) is 0. The van der Waals surface area contributed by atoms with Crippen LogP contribution in [0.15, 0.2) is 0 Å². The fraction of sp³-hybridized carbons (Fsp3) is 0.667. The number of rotatable bonds is 1. The molecule has 68 valence electrons. The summed E-state index contributed by atoms with van der Waals surface area (Å²) in [6.45, 7) is 1.20. The average molecular weight is 351 g/mol. The third-order valence-electron chi connectivity index (χ3n) is 0.357. The third kappa shape index (κ3) is 34.6. The zero-order valence-electron chi connectivity index (χ0n) is 5.39. The van der Waals surface area contributed by atoms with Gasteiger partial charge in [0.1, 0.15) is 6.10 Å². The summed E-state index contributed by atoms with van der Waals surface area (Å²) >= 11 is 0. The Kier molecular flexibility index (Phi) is 80.6. The van der Waals surface area contributed by atoms with Gasteiger partial charge in [-0.2, -0.15) is 0 Å². The van der Waals surface area contributed by atoms with E-state index in [1.165, 1.54) is 6.92 Å². The van der Waals surface area contributed by atoms with Gasteiger partial charge in [-0.05, 0) is 6.92 Å². The van der Waals surface area contributed by atoms with Crippen molar-refractivity contribution in [3.05, 3.63) is 0 Å². The van der Waals surface area contributed by atoms with Gasteiger partial charge in [0.25, 0.3) is 0 Å². The Hall–Kier alpha value is 1.39. The van der Waals surface area contributed by atoms with Gasteiger partial charge in [-0.15, -0.1) is 0 Å². The van der Waals surface area contributed by atoms with Crippen LogP contribution in [0.4, 0.5) is 0 Å². The number of carboxylic acid groups (broad SMARTS) is 1. The maximum absolute atomic E-state index is 9.45. The average Bonchev–Trinajstić information content (AvgIpc) is 1.36. The minimum Gasteiger partial charge on any atom is -1.00 e. The van der Waals surface area contributed by atoms with Crippen LogP contribution in [0.1, 0.15) is 6.92 Å². The minimum atomic E-state index is -1.23. The van der Waals surface area contributed by atoms with Crippen molar-refractivity contribution >= 4 is 29.9 Å². The zero-order valence-corrected chi connectivity index (χ0v) is 11.3. The molecular formula is C3H6Cl4O3Sn. The number of carboxylic acids is 1. The van der Waals surface area contributed by atoms with Crippen LogP contribution in [-0.4, -0.2) is 46.2 Å². The van der Waals surface area contributed by atoms with Gasteiger partial charge in [-0.25, -0.2) is 4.79 Å².